The number of benzene rings is 1. The Bertz CT molecular complexity index is 543. The van der Waals surface area contributed by atoms with E-state index in [1.807, 2.05) is 18.2 Å². The molecule has 1 saturated carbocycles. The van der Waals surface area contributed by atoms with Crippen LogP contribution in [0.3, 0.4) is 0 Å². The quantitative estimate of drug-likeness (QED) is 0.685. The molecule has 1 aromatic carbocycles. The Balaban J connectivity index is 1.77. The minimum absolute atomic E-state index is 0.101. The molecule has 2 aliphatic rings. The van der Waals surface area contributed by atoms with E-state index >= 15 is 0 Å². The third-order valence-electron chi connectivity index (χ3n) is 4.57. The third-order valence-corrected chi connectivity index (χ3v) is 5.77. The van der Waals surface area contributed by atoms with Crippen LogP contribution in [0, 0.1) is 11.8 Å². The summed E-state index contributed by atoms with van der Waals surface area (Å²) in [6.07, 6.45) is 6.46. The fraction of sp³-hybridized carbons (Fsp3) is 0.500. The molecule has 1 fully saturated rings. The van der Waals surface area contributed by atoms with Crippen molar-refractivity contribution in [2.45, 2.75) is 48.5 Å². The summed E-state index contributed by atoms with van der Waals surface area (Å²) in [5, 5.41) is 10.4. The largest absolute Gasteiger partial charge is 0.462 e. The van der Waals surface area contributed by atoms with Gasteiger partial charge in [0.05, 0.1) is 6.10 Å². The highest BCUT2D eigenvalue weighted by Gasteiger charge is 2.42. The number of thioether (sulfide) groups is 1. The van der Waals surface area contributed by atoms with Crippen LogP contribution in [-0.2, 0) is 9.53 Å². The first-order valence-corrected chi connectivity index (χ1v) is 8.77. The highest BCUT2D eigenvalue weighted by Crippen LogP contribution is 2.42. The van der Waals surface area contributed by atoms with Crippen molar-refractivity contribution in [3.63, 3.8) is 0 Å². The molecule has 1 N–H and O–H groups in total. The molecule has 0 spiro atoms. The number of rotatable bonds is 3. The van der Waals surface area contributed by atoms with Crippen molar-refractivity contribution < 1.29 is 14.6 Å². The molecule has 4 heteroatoms. The second-order valence-corrected chi connectivity index (χ2v) is 7.44. The summed E-state index contributed by atoms with van der Waals surface area (Å²) in [7, 11) is 0. The zero-order chi connectivity index (χ0) is 15.5. The van der Waals surface area contributed by atoms with Crippen LogP contribution in [0.25, 0.3) is 0 Å². The van der Waals surface area contributed by atoms with E-state index in [9.17, 15) is 9.90 Å². The van der Waals surface area contributed by atoms with E-state index in [2.05, 4.69) is 24.3 Å². The predicted octanol–water partition coefficient (Wildman–Crippen LogP) is 3.43. The van der Waals surface area contributed by atoms with Crippen molar-refractivity contribution in [1.82, 2.24) is 0 Å². The molecule has 0 aliphatic heterocycles. The van der Waals surface area contributed by atoms with Gasteiger partial charge in [-0.15, -0.1) is 11.8 Å². The summed E-state index contributed by atoms with van der Waals surface area (Å²) < 4.78 is 5.60. The molecule has 0 bridgehead atoms. The van der Waals surface area contributed by atoms with E-state index in [4.69, 9.17) is 4.74 Å². The van der Waals surface area contributed by atoms with Gasteiger partial charge in [-0.2, -0.15) is 0 Å². The molecule has 118 valence electrons. The normalized spacial score (nSPS) is 34.0. The lowest BCUT2D eigenvalue weighted by atomic mass is 9.90. The Hall–Kier alpha value is -1.26. The number of aliphatic hydroxyl groups is 1. The van der Waals surface area contributed by atoms with Crippen molar-refractivity contribution >= 4 is 17.7 Å². The van der Waals surface area contributed by atoms with Crippen LogP contribution in [-0.4, -0.2) is 28.5 Å². The van der Waals surface area contributed by atoms with Gasteiger partial charge >= 0.3 is 5.97 Å². The van der Waals surface area contributed by atoms with Crippen LogP contribution < -0.4 is 0 Å². The first-order chi connectivity index (χ1) is 10.6. The number of carbonyl (C=O) groups is 1. The van der Waals surface area contributed by atoms with Gasteiger partial charge in [0.2, 0.25) is 0 Å². The maximum atomic E-state index is 11.4. The third kappa shape index (κ3) is 3.55. The van der Waals surface area contributed by atoms with E-state index in [1.54, 1.807) is 11.8 Å². The minimum Gasteiger partial charge on any atom is -0.462 e. The molecule has 0 radical (unpaired) electrons. The first kappa shape index (κ1) is 15.6. The number of ether oxygens (including phenoxy) is 1. The van der Waals surface area contributed by atoms with Gasteiger partial charge in [-0.25, -0.2) is 0 Å². The Morgan fingerprint density at radius 3 is 2.73 bits per heavy atom. The molecule has 5 atom stereocenters. The van der Waals surface area contributed by atoms with Gasteiger partial charge in [0, 0.05) is 35.3 Å². The van der Waals surface area contributed by atoms with Crippen molar-refractivity contribution in [2.24, 2.45) is 11.8 Å². The van der Waals surface area contributed by atoms with Gasteiger partial charge in [-0.3, -0.25) is 4.79 Å². The highest BCUT2D eigenvalue weighted by molar-refractivity contribution is 8.00. The average molecular weight is 318 g/mol. The van der Waals surface area contributed by atoms with E-state index < -0.39 is 0 Å². The molecular formula is C18H22O3S. The number of hydrogen-bond acceptors (Lipinski definition) is 4. The molecule has 3 nitrogen and oxygen atoms in total. The summed E-state index contributed by atoms with van der Waals surface area (Å²) in [6.45, 7) is 1.47. The summed E-state index contributed by atoms with van der Waals surface area (Å²) >= 11 is 1.79. The molecule has 22 heavy (non-hydrogen) atoms. The molecule has 1 aromatic rings. The monoisotopic (exact) mass is 318 g/mol. The van der Waals surface area contributed by atoms with Gasteiger partial charge in [0.25, 0.3) is 0 Å². The van der Waals surface area contributed by atoms with Crippen LogP contribution >= 0.6 is 11.8 Å². The Labute approximate surface area is 135 Å². The van der Waals surface area contributed by atoms with Crippen molar-refractivity contribution in [3.8, 4) is 0 Å². The lowest BCUT2D eigenvalue weighted by molar-refractivity contribution is -0.150. The van der Waals surface area contributed by atoms with Gasteiger partial charge < -0.3 is 9.84 Å². The Morgan fingerprint density at radius 2 is 2.00 bits per heavy atom. The fourth-order valence-corrected chi connectivity index (χ4v) is 4.70. The maximum absolute atomic E-state index is 11.4. The number of carbonyl (C=O) groups excluding carboxylic acids is 1. The zero-order valence-corrected chi connectivity index (χ0v) is 13.5. The topological polar surface area (TPSA) is 46.5 Å². The molecule has 0 aromatic heterocycles. The van der Waals surface area contributed by atoms with Crippen LogP contribution in [0.4, 0.5) is 0 Å². The lowest BCUT2D eigenvalue weighted by Gasteiger charge is -2.27. The fourth-order valence-electron chi connectivity index (χ4n) is 3.58. The van der Waals surface area contributed by atoms with E-state index in [-0.39, 0.29) is 35.3 Å². The smallest absolute Gasteiger partial charge is 0.302 e. The Kier molecular flexibility index (Phi) is 4.89. The highest BCUT2D eigenvalue weighted by atomic mass is 32.2. The molecular weight excluding hydrogens is 296 g/mol. The van der Waals surface area contributed by atoms with Gasteiger partial charge in [-0.05, 0) is 25.0 Å². The Morgan fingerprint density at radius 1 is 1.23 bits per heavy atom. The van der Waals surface area contributed by atoms with Gasteiger partial charge in [0.15, 0.2) is 0 Å². The summed E-state index contributed by atoms with van der Waals surface area (Å²) in [5.41, 5.74) is 0. The first-order valence-electron chi connectivity index (χ1n) is 7.89. The van der Waals surface area contributed by atoms with Crippen molar-refractivity contribution in [3.05, 3.63) is 42.5 Å². The van der Waals surface area contributed by atoms with E-state index in [0.717, 1.165) is 19.3 Å². The predicted molar refractivity (Wildman–Crippen MR) is 87.6 cm³/mol. The number of esters is 1. The summed E-state index contributed by atoms with van der Waals surface area (Å²) in [6, 6.07) is 10.3. The average Bonchev–Trinajstić information content (AvgIpc) is 2.76. The number of fused-ring (bicyclic) bond motifs is 1. The SMILES string of the molecule is CC(=O)O[C@H]1C[C@H](Sc2ccccc2)C=C[C@@H]2[C@H]1CC[C@@H]2O. The van der Waals surface area contributed by atoms with Gasteiger partial charge in [0.1, 0.15) is 6.10 Å². The molecule has 0 saturated heterocycles. The molecule has 0 amide bonds. The summed E-state index contributed by atoms with van der Waals surface area (Å²) in [4.78, 5) is 12.7. The van der Waals surface area contributed by atoms with E-state index in [0.29, 0.717) is 0 Å². The standard InChI is InChI=1S/C18H22O3S/c1-12(19)21-18-11-14(22-13-5-3-2-4-6-13)7-8-15-16(18)9-10-17(15)20/h2-8,14-18,20H,9-11H2,1H3/t14-,15-,16-,17+,18+/m1/s1. The number of aliphatic hydroxyl groups excluding tert-OH is 1. The van der Waals surface area contributed by atoms with Crippen LogP contribution in [0.1, 0.15) is 26.2 Å². The minimum atomic E-state index is -0.306. The van der Waals surface area contributed by atoms with E-state index in [1.165, 1.54) is 11.8 Å². The molecule has 3 rings (SSSR count). The van der Waals surface area contributed by atoms with Crippen molar-refractivity contribution in [1.29, 1.82) is 0 Å². The molecule has 0 unspecified atom stereocenters. The van der Waals surface area contributed by atoms with Crippen molar-refractivity contribution in [2.75, 3.05) is 0 Å². The van der Waals surface area contributed by atoms with Crippen LogP contribution in [0.2, 0.25) is 0 Å². The maximum Gasteiger partial charge on any atom is 0.302 e. The molecule has 0 heterocycles. The second kappa shape index (κ2) is 6.88. The second-order valence-electron chi connectivity index (χ2n) is 6.12. The summed E-state index contributed by atoms with van der Waals surface area (Å²) in [5.74, 6) is 0.137. The molecule has 2 aliphatic carbocycles. The number of hydrogen-bond donors (Lipinski definition) is 1. The van der Waals surface area contributed by atoms with Crippen LogP contribution in [0.5, 0.6) is 0 Å². The van der Waals surface area contributed by atoms with Crippen LogP contribution in [0.15, 0.2) is 47.4 Å². The lowest BCUT2D eigenvalue weighted by Crippen LogP contribution is -2.31. The zero-order valence-electron chi connectivity index (χ0n) is 12.7. The van der Waals surface area contributed by atoms with Gasteiger partial charge in [-0.1, -0.05) is 30.4 Å².